The summed E-state index contributed by atoms with van der Waals surface area (Å²) in [7, 11) is 1.99. The molecule has 1 aliphatic rings. The van der Waals surface area contributed by atoms with E-state index in [1.165, 1.54) is 12.8 Å². The van der Waals surface area contributed by atoms with E-state index < -0.39 is 0 Å². The lowest BCUT2D eigenvalue weighted by Gasteiger charge is -2.20. The number of halogens is 1. The van der Waals surface area contributed by atoms with E-state index in [0.717, 1.165) is 34.4 Å². The Bertz CT molecular complexity index is 446. The van der Waals surface area contributed by atoms with Crippen molar-refractivity contribution in [2.45, 2.75) is 39.2 Å². The van der Waals surface area contributed by atoms with Gasteiger partial charge in [-0.1, -0.05) is 24.4 Å². The molecule has 3 nitrogen and oxygen atoms in total. The van der Waals surface area contributed by atoms with Crippen molar-refractivity contribution in [3.8, 4) is 11.5 Å². The van der Waals surface area contributed by atoms with Gasteiger partial charge in [0.2, 0.25) is 0 Å². The molecule has 1 atom stereocenters. The van der Waals surface area contributed by atoms with Gasteiger partial charge in [-0.25, -0.2) is 0 Å². The lowest BCUT2D eigenvalue weighted by molar-refractivity contribution is 0.287. The number of benzene rings is 1. The first kappa shape index (κ1) is 15.5. The van der Waals surface area contributed by atoms with E-state index in [0.29, 0.717) is 13.2 Å². The van der Waals surface area contributed by atoms with Crippen LogP contribution in [-0.2, 0) is 0 Å². The van der Waals surface area contributed by atoms with Gasteiger partial charge in [0.1, 0.15) is 0 Å². The summed E-state index contributed by atoms with van der Waals surface area (Å²) in [6, 6.07) is 4.19. The van der Waals surface area contributed by atoms with Crippen LogP contribution < -0.4 is 14.8 Å². The van der Waals surface area contributed by atoms with Crippen molar-refractivity contribution in [1.29, 1.82) is 0 Å². The first-order valence-corrected chi connectivity index (χ1v) is 7.83. The van der Waals surface area contributed by atoms with Crippen LogP contribution in [0.15, 0.2) is 12.1 Å². The highest BCUT2D eigenvalue weighted by atomic mass is 35.5. The predicted octanol–water partition coefficient (Wildman–Crippen LogP) is 4.20. The maximum Gasteiger partial charge on any atom is 0.162 e. The maximum absolute atomic E-state index is 6.44. The van der Waals surface area contributed by atoms with Gasteiger partial charge in [0.15, 0.2) is 11.5 Å². The number of hydrogen-bond acceptors (Lipinski definition) is 3. The summed E-state index contributed by atoms with van der Waals surface area (Å²) in [4.78, 5) is 0. The number of rotatable bonds is 8. The molecular weight excluding hydrogens is 274 g/mol. The van der Waals surface area contributed by atoms with Crippen molar-refractivity contribution < 1.29 is 9.47 Å². The van der Waals surface area contributed by atoms with Crippen LogP contribution in [0.1, 0.15) is 44.7 Å². The fraction of sp³-hybridized carbons (Fsp3) is 0.625. The van der Waals surface area contributed by atoms with E-state index in [-0.39, 0.29) is 6.04 Å². The van der Waals surface area contributed by atoms with Gasteiger partial charge in [0.05, 0.1) is 13.2 Å². The third-order valence-electron chi connectivity index (χ3n) is 3.65. The van der Waals surface area contributed by atoms with Crippen LogP contribution in [0.4, 0.5) is 0 Å². The molecule has 0 radical (unpaired) electrons. The van der Waals surface area contributed by atoms with Crippen LogP contribution in [-0.4, -0.2) is 20.3 Å². The Labute approximate surface area is 126 Å². The molecule has 1 aromatic rings. The molecule has 0 aliphatic heterocycles. The molecule has 0 saturated heterocycles. The van der Waals surface area contributed by atoms with Gasteiger partial charge < -0.3 is 14.8 Å². The van der Waals surface area contributed by atoms with E-state index in [1.807, 2.05) is 33.0 Å². The second-order valence-electron chi connectivity index (χ2n) is 5.21. The first-order valence-electron chi connectivity index (χ1n) is 7.45. The summed E-state index contributed by atoms with van der Waals surface area (Å²) >= 11 is 6.44. The maximum atomic E-state index is 6.44. The predicted molar refractivity (Wildman–Crippen MR) is 82.9 cm³/mol. The fourth-order valence-corrected chi connectivity index (χ4v) is 2.73. The molecular formula is C16H24ClNO2. The van der Waals surface area contributed by atoms with E-state index in [1.54, 1.807) is 0 Å². The van der Waals surface area contributed by atoms with Gasteiger partial charge in [0, 0.05) is 17.1 Å². The van der Waals surface area contributed by atoms with Gasteiger partial charge in [-0.15, -0.1) is 0 Å². The van der Waals surface area contributed by atoms with Gasteiger partial charge in [-0.05, 0) is 44.9 Å². The molecule has 1 N–H and O–H groups in total. The molecule has 2 rings (SSSR count). The summed E-state index contributed by atoms with van der Waals surface area (Å²) in [5.74, 6) is 2.35. The van der Waals surface area contributed by atoms with Gasteiger partial charge >= 0.3 is 0 Å². The minimum atomic E-state index is 0.282. The molecule has 0 aromatic heterocycles. The first-order chi connectivity index (χ1) is 9.69. The molecule has 0 amide bonds. The zero-order valence-electron chi connectivity index (χ0n) is 12.5. The molecule has 0 bridgehead atoms. The van der Waals surface area contributed by atoms with Gasteiger partial charge in [-0.3, -0.25) is 0 Å². The second kappa shape index (κ2) is 7.19. The minimum absolute atomic E-state index is 0.282. The third kappa shape index (κ3) is 3.80. The summed E-state index contributed by atoms with van der Waals surface area (Å²) in [6.07, 6.45) is 3.81. The summed E-state index contributed by atoms with van der Waals surface area (Å²) in [5, 5.41) is 4.12. The average molecular weight is 298 g/mol. The highest BCUT2D eigenvalue weighted by molar-refractivity contribution is 6.31. The molecule has 112 valence electrons. The molecule has 20 heavy (non-hydrogen) atoms. The van der Waals surface area contributed by atoms with E-state index in [9.17, 15) is 0 Å². The third-order valence-corrected chi connectivity index (χ3v) is 3.98. The Hall–Kier alpha value is -0.930. The van der Waals surface area contributed by atoms with Crippen LogP contribution in [0, 0.1) is 5.92 Å². The number of nitrogens with one attached hydrogen (secondary N) is 1. The molecule has 1 aliphatic carbocycles. The van der Waals surface area contributed by atoms with E-state index in [2.05, 4.69) is 5.32 Å². The van der Waals surface area contributed by atoms with Crippen LogP contribution in [0.25, 0.3) is 0 Å². The topological polar surface area (TPSA) is 30.5 Å². The van der Waals surface area contributed by atoms with E-state index in [4.69, 9.17) is 21.1 Å². The Kier molecular flexibility index (Phi) is 5.55. The van der Waals surface area contributed by atoms with Gasteiger partial charge in [-0.2, -0.15) is 0 Å². The van der Waals surface area contributed by atoms with Gasteiger partial charge in [0.25, 0.3) is 0 Å². The number of hydrogen-bond donors (Lipinski definition) is 1. The van der Waals surface area contributed by atoms with Crippen LogP contribution >= 0.6 is 11.6 Å². The Morgan fingerprint density at radius 3 is 2.30 bits per heavy atom. The zero-order chi connectivity index (χ0) is 14.5. The van der Waals surface area contributed by atoms with Crippen LogP contribution in [0.5, 0.6) is 11.5 Å². The molecule has 1 fully saturated rings. The summed E-state index contributed by atoms with van der Waals surface area (Å²) in [6.45, 7) is 5.16. The lowest BCUT2D eigenvalue weighted by Crippen LogP contribution is -2.17. The van der Waals surface area contributed by atoms with Crippen molar-refractivity contribution in [1.82, 2.24) is 5.32 Å². The van der Waals surface area contributed by atoms with Crippen molar-refractivity contribution in [2.75, 3.05) is 20.3 Å². The number of ether oxygens (including phenoxy) is 2. The van der Waals surface area contributed by atoms with Crippen molar-refractivity contribution >= 4 is 11.6 Å². The fourth-order valence-electron chi connectivity index (χ4n) is 2.44. The molecule has 1 saturated carbocycles. The lowest BCUT2D eigenvalue weighted by atomic mass is 10.0. The van der Waals surface area contributed by atoms with E-state index >= 15 is 0 Å². The largest absolute Gasteiger partial charge is 0.490 e. The SMILES string of the molecule is CCOc1cc(Cl)c(C(CC2CC2)NC)cc1OCC. The standard InChI is InChI=1S/C16H24ClNO2/c1-4-19-15-9-12(13(17)10-16(15)20-5-2)14(18-3)8-11-6-7-11/h9-11,14,18H,4-8H2,1-3H3. The molecule has 0 heterocycles. The van der Waals surface area contributed by atoms with Crippen molar-refractivity contribution in [3.05, 3.63) is 22.7 Å². The highest BCUT2D eigenvalue weighted by Crippen LogP contribution is 2.42. The average Bonchev–Trinajstić information content (AvgIpc) is 3.24. The Morgan fingerprint density at radius 1 is 1.20 bits per heavy atom. The highest BCUT2D eigenvalue weighted by Gasteiger charge is 2.27. The smallest absolute Gasteiger partial charge is 0.162 e. The van der Waals surface area contributed by atoms with Crippen molar-refractivity contribution in [3.63, 3.8) is 0 Å². The quantitative estimate of drug-likeness (QED) is 0.780. The monoisotopic (exact) mass is 297 g/mol. The molecule has 1 unspecified atom stereocenters. The molecule has 1 aromatic carbocycles. The zero-order valence-corrected chi connectivity index (χ0v) is 13.3. The van der Waals surface area contributed by atoms with Crippen LogP contribution in [0.2, 0.25) is 5.02 Å². The minimum Gasteiger partial charge on any atom is -0.490 e. The second-order valence-corrected chi connectivity index (χ2v) is 5.61. The summed E-state index contributed by atoms with van der Waals surface area (Å²) < 4.78 is 11.3. The Morgan fingerprint density at radius 2 is 1.80 bits per heavy atom. The normalized spacial score (nSPS) is 16.0. The molecule has 4 heteroatoms. The van der Waals surface area contributed by atoms with Crippen molar-refractivity contribution in [2.24, 2.45) is 5.92 Å². The summed E-state index contributed by atoms with van der Waals surface area (Å²) in [5.41, 5.74) is 1.10. The van der Waals surface area contributed by atoms with Crippen LogP contribution in [0.3, 0.4) is 0 Å². The molecule has 0 spiro atoms. The Balaban J connectivity index is 2.27.